The van der Waals surface area contributed by atoms with Crippen molar-refractivity contribution >= 4 is 0 Å². The number of pyridine rings is 1. The number of aromatic amines is 1. The molecule has 0 saturated heterocycles. The van der Waals surface area contributed by atoms with Crippen molar-refractivity contribution in [3.63, 3.8) is 0 Å². The van der Waals surface area contributed by atoms with Gasteiger partial charge in [-0.2, -0.15) is 0 Å². The lowest BCUT2D eigenvalue weighted by molar-refractivity contribution is 0.267. The van der Waals surface area contributed by atoms with Gasteiger partial charge in [-0.1, -0.05) is 12.1 Å². The van der Waals surface area contributed by atoms with Gasteiger partial charge in [-0.25, -0.2) is 4.98 Å². The Hall–Kier alpha value is -3.19. The van der Waals surface area contributed by atoms with E-state index in [1.54, 1.807) is 20.4 Å². The van der Waals surface area contributed by atoms with E-state index in [9.17, 15) is 4.79 Å². The van der Waals surface area contributed by atoms with Gasteiger partial charge in [0, 0.05) is 37.8 Å². The maximum absolute atomic E-state index is 12.7. The fourth-order valence-corrected chi connectivity index (χ4v) is 3.74. The molecule has 0 bridgehead atoms. The van der Waals surface area contributed by atoms with E-state index >= 15 is 0 Å². The third kappa shape index (κ3) is 4.00. The predicted molar refractivity (Wildman–Crippen MR) is 110 cm³/mol. The zero-order chi connectivity index (χ0) is 20.2. The number of nitrogens with one attached hydrogen (secondary N) is 1. The molecule has 7 heteroatoms. The van der Waals surface area contributed by atoms with Crippen molar-refractivity contribution < 1.29 is 9.47 Å². The highest BCUT2D eigenvalue weighted by Gasteiger charge is 2.21. The van der Waals surface area contributed by atoms with Crippen molar-refractivity contribution in [3.05, 3.63) is 69.8 Å². The molecule has 150 valence electrons. The Bertz CT molecular complexity index is 1030. The van der Waals surface area contributed by atoms with Gasteiger partial charge in [0.1, 0.15) is 17.2 Å². The molecule has 0 aliphatic carbocycles. The Morgan fingerprint density at radius 2 is 1.79 bits per heavy atom. The molecule has 1 N–H and O–H groups in total. The number of H-pyrrole nitrogens is 1. The molecule has 0 amide bonds. The van der Waals surface area contributed by atoms with Gasteiger partial charge in [0.25, 0.3) is 5.56 Å². The first-order valence-electron chi connectivity index (χ1n) is 9.65. The molecule has 7 nitrogen and oxygen atoms in total. The molecule has 0 spiro atoms. The van der Waals surface area contributed by atoms with E-state index in [0.717, 1.165) is 41.4 Å². The summed E-state index contributed by atoms with van der Waals surface area (Å²) in [7, 11) is 3.33. The van der Waals surface area contributed by atoms with Crippen LogP contribution in [0.5, 0.6) is 11.5 Å². The smallest absolute Gasteiger partial charge is 0.254 e. The summed E-state index contributed by atoms with van der Waals surface area (Å²) in [5, 5.41) is 0. The van der Waals surface area contributed by atoms with E-state index in [2.05, 4.69) is 14.9 Å². The van der Waals surface area contributed by atoms with E-state index in [-0.39, 0.29) is 5.56 Å². The van der Waals surface area contributed by atoms with Crippen LogP contribution in [-0.4, -0.2) is 47.2 Å². The van der Waals surface area contributed by atoms with Gasteiger partial charge in [-0.15, -0.1) is 0 Å². The lowest BCUT2D eigenvalue weighted by atomic mass is 10.1. The summed E-state index contributed by atoms with van der Waals surface area (Å²) in [6.07, 6.45) is 3.05. The normalized spacial score (nSPS) is 14.1. The van der Waals surface area contributed by atoms with Crippen LogP contribution >= 0.6 is 0 Å². The Labute approximate surface area is 169 Å². The number of methoxy groups -OCH3 is 2. The molecule has 3 heterocycles. The topological polar surface area (TPSA) is 80.3 Å². The Morgan fingerprint density at radius 1 is 1.03 bits per heavy atom. The quantitative estimate of drug-likeness (QED) is 0.718. The molecular weight excluding hydrogens is 368 g/mol. The van der Waals surface area contributed by atoms with E-state index in [1.165, 1.54) is 0 Å². The van der Waals surface area contributed by atoms with Crippen molar-refractivity contribution in [1.29, 1.82) is 0 Å². The summed E-state index contributed by atoms with van der Waals surface area (Å²) in [4.78, 5) is 26.9. The van der Waals surface area contributed by atoms with Crippen LogP contribution in [0.25, 0.3) is 11.5 Å². The molecule has 4 rings (SSSR count). The number of ether oxygens (including phenoxy) is 2. The molecule has 2 aromatic heterocycles. The summed E-state index contributed by atoms with van der Waals surface area (Å²) in [5.41, 5.74) is 3.22. The first-order valence-corrected chi connectivity index (χ1v) is 9.65. The second-order valence-electron chi connectivity index (χ2n) is 6.97. The minimum Gasteiger partial charge on any atom is -0.496 e. The summed E-state index contributed by atoms with van der Waals surface area (Å²) in [5.74, 6) is 2.13. The third-order valence-corrected chi connectivity index (χ3v) is 5.26. The number of fused-ring (bicyclic) bond motifs is 1. The molecule has 1 aliphatic rings. The van der Waals surface area contributed by atoms with Gasteiger partial charge in [0.15, 0.2) is 5.82 Å². The fourth-order valence-electron chi connectivity index (χ4n) is 3.74. The average Bonchev–Trinajstić information content (AvgIpc) is 2.97. The van der Waals surface area contributed by atoms with E-state index in [1.807, 2.05) is 36.4 Å². The number of aromatic nitrogens is 3. The number of benzene rings is 1. The van der Waals surface area contributed by atoms with Gasteiger partial charge in [0.05, 0.1) is 25.5 Å². The van der Waals surface area contributed by atoms with Crippen LogP contribution in [0.4, 0.5) is 0 Å². The predicted octanol–water partition coefficient (Wildman–Crippen LogP) is 2.45. The summed E-state index contributed by atoms with van der Waals surface area (Å²) >= 11 is 0. The molecule has 0 radical (unpaired) electrons. The van der Waals surface area contributed by atoms with Crippen LogP contribution in [0.2, 0.25) is 0 Å². The molecule has 3 aromatic rings. The summed E-state index contributed by atoms with van der Waals surface area (Å²) in [6.45, 7) is 2.25. The molecule has 0 unspecified atom stereocenters. The minimum absolute atomic E-state index is 0.0765. The molecule has 1 aliphatic heterocycles. The first kappa shape index (κ1) is 19.1. The molecule has 29 heavy (non-hydrogen) atoms. The van der Waals surface area contributed by atoms with Crippen LogP contribution in [0.15, 0.2) is 47.4 Å². The average molecular weight is 392 g/mol. The second kappa shape index (κ2) is 8.45. The van der Waals surface area contributed by atoms with Crippen molar-refractivity contribution in [2.75, 3.05) is 27.3 Å². The monoisotopic (exact) mass is 392 g/mol. The molecule has 1 aromatic carbocycles. The van der Waals surface area contributed by atoms with E-state index in [0.29, 0.717) is 30.9 Å². The fraction of sp³-hybridized carbons (Fsp3) is 0.318. The van der Waals surface area contributed by atoms with Crippen LogP contribution in [-0.2, 0) is 19.4 Å². The Balaban J connectivity index is 1.58. The van der Waals surface area contributed by atoms with Crippen LogP contribution in [0.3, 0.4) is 0 Å². The SMILES string of the molecule is COc1cccc(OC)c1CN1CCc2nc(-c3ccccn3)[nH]c(=O)c2CC1. The zero-order valence-electron chi connectivity index (χ0n) is 16.6. The maximum Gasteiger partial charge on any atom is 0.254 e. The van der Waals surface area contributed by atoms with Gasteiger partial charge in [-0.3, -0.25) is 14.7 Å². The third-order valence-electron chi connectivity index (χ3n) is 5.26. The molecular formula is C22H24N4O3. The van der Waals surface area contributed by atoms with Gasteiger partial charge in [-0.05, 0) is 30.7 Å². The maximum atomic E-state index is 12.7. The second-order valence-corrected chi connectivity index (χ2v) is 6.97. The number of nitrogens with zero attached hydrogens (tertiary/aromatic N) is 3. The van der Waals surface area contributed by atoms with E-state index < -0.39 is 0 Å². The highest BCUT2D eigenvalue weighted by molar-refractivity contribution is 5.49. The lowest BCUT2D eigenvalue weighted by Crippen LogP contribution is -2.26. The first-order chi connectivity index (χ1) is 14.2. The lowest BCUT2D eigenvalue weighted by Gasteiger charge is -2.22. The summed E-state index contributed by atoms with van der Waals surface area (Å²) in [6, 6.07) is 11.4. The van der Waals surface area contributed by atoms with Gasteiger partial charge in [0.2, 0.25) is 0 Å². The van der Waals surface area contributed by atoms with E-state index in [4.69, 9.17) is 14.5 Å². The highest BCUT2D eigenvalue weighted by Crippen LogP contribution is 2.30. The minimum atomic E-state index is -0.0765. The van der Waals surface area contributed by atoms with Crippen molar-refractivity contribution in [2.24, 2.45) is 0 Å². The van der Waals surface area contributed by atoms with Crippen molar-refractivity contribution in [1.82, 2.24) is 19.9 Å². The van der Waals surface area contributed by atoms with Gasteiger partial charge >= 0.3 is 0 Å². The highest BCUT2D eigenvalue weighted by atomic mass is 16.5. The summed E-state index contributed by atoms with van der Waals surface area (Å²) < 4.78 is 11.1. The molecule has 0 atom stereocenters. The van der Waals surface area contributed by atoms with Crippen LogP contribution in [0, 0.1) is 0 Å². The molecule has 0 fully saturated rings. The number of hydrogen-bond donors (Lipinski definition) is 1. The zero-order valence-corrected chi connectivity index (χ0v) is 16.6. The number of rotatable bonds is 5. The largest absolute Gasteiger partial charge is 0.496 e. The van der Waals surface area contributed by atoms with Gasteiger partial charge < -0.3 is 14.5 Å². The van der Waals surface area contributed by atoms with Crippen molar-refractivity contribution in [3.8, 4) is 23.0 Å². The van der Waals surface area contributed by atoms with Crippen LogP contribution in [0.1, 0.15) is 16.8 Å². The van der Waals surface area contributed by atoms with Crippen LogP contribution < -0.4 is 15.0 Å². The van der Waals surface area contributed by atoms with Crippen molar-refractivity contribution in [2.45, 2.75) is 19.4 Å². The Morgan fingerprint density at radius 3 is 2.48 bits per heavy atom. The Kier molecular flexibility index (Phi) is 5.57. The number of hydrogen-bond acceptors (Lipinski definition) is 6. The standard InChI is InChI=1S/C22H24N4O3/c1-28-19-7-5-8-20(29-2)16(19)14-26-12-9-15-17(10-13-26)24-21(25-22(15)27)18-6-3-4-11-23-18/h3-8,11H,9-10,12-14H2,1-2H3,(H,24,25,27). The molecule has 0 saturated carbocycles.